The zero-order valence-electron chi connectivity index (χ0n) is 16.5. The summed E-state index contributed by atoms with van der Waals surface area (Å²) in [6.45, 7) is 5.33. The molecule has 1 aromatic heterocycles. The molecule has 0 spiro atoms. The van der Waals surface area contributed by atoms with Gasteiger partial charge in [-0.3, -0.25) is 14.4 Å². The quantitative estimate of drug-likeness (QED) is 0.803. The van der Waals surface area contributed by atoms with Gasteiger partial charge in [0.2, 0.25) is 0 Å². The molecule has 148 valence electrons. The molecule has 2 rings (SSSR count). The van der Waals surface area contributed by atoms with E-state index in [2.05, 4.69) is 15.6 Å². The minimum Gasteiger partial charge on any atom is -0.350 e. The van der Waals surface area contributed by atoms with Gasteiger partial charge in [-0.2, -0.15) is 0 Å². The van der Waals surface area contributed by atoms with E-state index in [1.165, 1.54) is 23.1 Å². The molecule has 0 bridgehead atoms. The van der Waals surface area contributed by atoms with Crippen LogP contribution in [0.15, 0.2) is 30.3 Å². The van der Waals surface area contributed by atoms with Gasteiger partial charge in [0.15, 0.2) is 0 Å². The number of halogens is 1. The van der Waals surface area contributed by atoms with Gasteiger partial charge in [0.05, 0.1) is 22.5 Å². The predicted octanol–water partition coefficient (Wildman–Crippen LogP) is 3.14. The van der Waals surface area contributed by atoms with E-state index in [0.717, 1.165) is 0 Å². The summed E-state index contributed by atoms with van der Waals surface area (Å²) in [6.07, 6.45) is 0. The van der Waals surface area contributed by atoms with E-state index in [0.29, 0.717) is 27.5 Å². The third-order valence-corrected chi connectivity index (χ3v) is 4.09. The second-order valence-electron chi connectivity index (χ2n) is 6.80. The van der Waals surface area contributed by atoms with Crippen molar-refractivity contribution in [2.24, 2.45) is 0 Å². The predicted molar refractivity (Wildman–Crippen MR) is 109 cm³/mol. The molecule has 0 aliphatic heterocycles. The Kier molecular flexibility index (Phi) is 6.75. The minimum atomic E-state index is -0.449. The summed E-state index contributed by atoms with van der Waals surface area (Å²) in [5.41, 5.74) is 1.55. The maximum absolute atomic E-state index is 12.7. The molecular formula is C20H23ClN4O3. The fourth-order valence-corrected chi connectivity index (χ4v) is 2.67. The number of pyridine rings is 1. The minimum absolute atomic E-state index is 0.0556. The SMILES string of the molecule is Cc1nc(C(=O)N(C)C)ccc1C(=O)Nc1cc(Cl)ccc1C(=O)NC(C)C. The molecule has 0 fully saturated rings. The molecule has 1 aromatic carbocycles. The number of hydrogen-bond acceptors (Lipinski definition) is 4. The van der Waals surface area contributed by atoms with Crippen molar-refractivity contribution in [3.8, 4) is 0 Å². The van der Waals surface area contributed by atoms with Crippen molar-refractivity contribution in [1.29, 1.82) is 0 Å². The normalized spacial score (nSPS) is 10.5. The third kappa shape index (κ3) is 5.07. The van der Waals surface area contributed by atoms with Crippen molar-refractivity contribution in [3.63, 3.8) is 0 Å². The van der Waals surface area contributed by atoms with Crippen molar-refractivity contribution < 1.29 is 14.4 Å². The molecule has 3 amide bonds. The number of hydrogen-bond donors (Lipinski definition) is 2. The zero-order valence-corrected chi connectivity index (χ0v) is 17.2. The van der Waals surface area contributed by atoms with Crippen LogP contribution in [0.2, 0.25) is 5.02 Å². The van der Waals surface area contributed by atoms with Crippen LogP contribution >= 0.6 is 11.6 Å². The van der Waals surface area contributed by atoms with Gasteiger partial charge in [0, 0.05) is 25.2 Å². The van der Waals surface area contributed by atoms with Crippen molar-refractivity contribution in [2.45, 2.75) is 26.8 Å². The number of aryl methyl sites for hydroxylation is 1. The average molecular weight is 403 g/mol. The number of carbonyl (C=O) groups excluding carboxylic acids is 3. The number of nitrogens with zero attached hydrogens (tertiary/aromatic N) is 2. The topological polar surface area (TPSA) is 91.4 Å². The molecule has 2 aromatic rings. The van der Waals surface area contributed by atoms with E-state index < -0.39 is 5.91 Å². The summed E-state index contributed by atoms with van der Waals surface area (Å²) in [5, 5.41) is 5.89. The molecule has 0 radical (unpaired) electrons. The Balaban J connectivity index is 2.31. The summed E-state index contributed by atoms with van der Waals surface area (Å²) in [4.78, 5) is 42.8. The van der Waals surface area contributed by atoms with Crippen LogP contribution in [0.3, 0.4) is 0 Å². The average Bonchev–Trinajstić information content (AvgIpc) is 2.60. The standard InChI is InChI=1S/C20H23ClN4O3/c1-11(2)22-19(27)15-7-6-13(21)10-17(15)24-18(26)14-8-9-16(23-12(14)3)20(28)25(4)5/h6-11H,1-5H3,(H,22,27)(H,24,26). The molecule has 0 aliphatic carbocycles. The molecule has 28 heavy (non-hydrogen) atoms. The molecule has 7 nitrogen and oxygen atoms in total. The summed E-state index contributed by atoms with van der Waals surface area (Å²) >= 11 is 6.04. The van der Waals surface area contributed by atoms with Crippen LogP contribution in [-0.2, 0) is 0 Å². The summed E-state index contributed by atoms with van der Waals surface area (Å²) in [7, 11) is 3.26. The molecule has 0 saturated heterocycles. The smallest absolute Gasteiger partial charge is 0.271 e. The summed E-state index contributed by atoms with van der Waals surface area (Å²) in [5.74, 6) is -1.02. The Morgan fingerprint density at radius 3 is 2.25 bits per heavy atom. The lowest BCUT2D eigenvalue weighted by molar-refractivity contribution is 0.0820. The van der Waals surface area contributed by atoms with E-state index in [-0.39, 0.29) is 23.6 Å². The van der Waals surface area contributed by atoms with Crippen molar-refractivity contribution >= 4 is 35.0 Å². The van der Waals surface area contributed by atoms with Crippen molar-refractivity contribution in [3.05, 3.63) is 57.9 Å². The molecule has 1 heterocycles. The van der Waals surface area contributed by atoms with Crippen LogP contribution in [0.4, 0.5) is 5.69 Å². The van der Waals surface area contributed by atoms with E-state index in [1.54, 1.807) is 33.2 Å². The second kappa shape index (κ2) is 8.84. The van der Waals surface area contributed by atoms with Crippen LogP contribution in [-0.4, -0.2) is 47.7 Å². The van der Waals surface area contributed by atoms with Gasteiger partial charge in [0.1, 0.15) is 5.69 Å². The highest BCUT2D eigenvalue weighted by atomic mass is 35.5. The number of carbonyl (C=O) groups is 3. The Labute approximate surface area is 169 Å². The summed E-state index contributed by atoms with van der Waals surface area (Å²) in [6, 6.07) is 7.63. The van der Waals surface area contributed by atoms with Crippen LogP contribution < -0.4 is 10.6 Å². The number of benzene rings is 1. The lowest BCUT2D eigenvalue weighted by atomic mass is 10.1. The van der Waals surface area contributed by atoms with Crippen LogP contribution in [0.1, 0.15) is 50.7 Å². The largest absolute Gasteiger partial charge is 0.350 e. The third-order valence-electron chi connectivity index (χ3n) is 3.85. The second-order valence-corrected chi connectivity index (χ2v) is 7.24. The van der Waals surface area contributed by atoms with Gasteiger partial charge in [-0.1, -0.05) is 11.6 Å². The zero-order chi connectivity index (χ0) is 21.0. The first-order valence-corrected chi connectivity index (χ1v) is 9.09. The number of aromatic nitrogens is 1. The highest BCUT2D eigenvalue weighted by Crippen LogP contribution is 2.22. The number of amides is 3. The molecular weight excluding hydrogens is 380 g/mol. The maximum atomic E-state index is 12.7. The van der Waals surface area contributed by atoms with Crippen molar-refractivity contribution in [1.82, 2.24) is 15.2 Å². The maximum Gasteiger partial charge on any atom is 0.271 e. The first-order valence-electron chi connectivity index (χ1n) is 8.71. The molecule has 8 heteroatoms. The fourth-order valence-electron chi connectivity index (χ4n) is 2.50. The first-order chi connectivity index (χ1) is 13.1. The highest BCUT2D eigenvalue weighted by Gasteiger charge is 2.18. The molecule has 0 saturated carbocycles. The van der Waals surface area contributed by atoms with Gasteiger partial charge in [0.25, 0.3) is 17.7 Å². The number of nitrogens with one attached hydrogen (secondary N) is 2. The molecule has 0 aliphatic rings. The highest BCUT2D eigenvalue weighted by molar-refractivity contribution is 6.31. The Morgan fingerprint density at radius 2 is 1.68 bits per heavy atom. The Bertz CT molecular complexity index is 926. The van der Waals surface area contributed by atoms with Crippen LogP contribution in [0.25, 0.3) is 0 Å². The fraction of sp³-hybridized carbons (Fsp3) is 0.300. The van der Waals surface area contributed by atoms with Gasteiger partial charge in [-0.15, -0.1) is 0 Å². The summed E-state index contributed by atoms with van der Waals surface area (Å²) < 4.78 is 0. The van der Waals surface area contributed by atoms with Gasteiger partial charge in [-0.25, -0.2) is 4.98 Å². The molecule has 0 unspecified atom stereocenters. The van der Waals surface area contributed by atoms with Crippen LogP contribution in [0.5, 0.6) is 0 Å². The number of anilines is 1. The number of rotatable bonds is 5. The first kappa shape index (κ1) is 21.4. The van der Waals surface area contributed by atoms with Gasteiger partial charge >= 0.3 is 0 Å². The van der Waals surface area contributed by atoms with Gasteiger partial charge < -0.3 is 15.5 Å². The van der Waals surface area contributed by atoms with Crippen molar-refractivity contribution in [2.75, 3.05) is 19.4 Å². The lowest BCUT2D eigenvalue weighted by Crippen LogP contribution is -2.31. The van der Waals surface area contributed by atoms with E-state index in [9.17, 15) is 14.4 Å². The Morgan fingerprint density at radius 1 is 1.04 bits per heavy atom. The van der Waals surface area contributed by atoms with Crippen LogP contribution in [0, 0.1) is 6.92 Å². The van der Waals surface area contributed by atoms with E-state index >= 15 is 0 Å². The molecule has 0 atom stereocenters. The Hall–Kier alpha value is -2.93. The molecule has 2 N–H and O–H groups in total. The van der Waals surface area contributed by atoms with E-state index in [4.69, 9.17) is 11.6 Å². The lowest BCUT2D eigenvalue weighted by Gasteiger charge is -2.15. The monoisotopic (exact) mass is 402 g/mol. The van der Waals surface area contributed by atoms with Gasteiger partial charge in [-0.05, 0) is 51.1 Å². The van der Waals surface area contributed by atoms with E-state index in [1.807, 2.05) is 13.8 Å².